The lowest BCUT2D eigenvalue weighted by Crippen LogP contribution is -2.17. The monoisotopic (exact) mass is 475 g/mol. The van der Waals surface area contributed by atoms with E-state index in [1.54, 1.807) is 50.4 Å². The van der Waals surface area contributed by atoms with Crippen LogP contribution in [0.5, 0.6) is 0 Å². The van der Waals surface area contributed by atoms with Crippen LogP contribution in [0.25, 0.3) is 22.7 Å². The second kappa shape index (κ2) is 8.59. The van der Waals surface area contributed by atoms with E-state index in [1.807, 2.05) is 0 Å². The molecule has 0 bridgehead atoms. The van der Waals surface area contributed by atoms with Gasteiger partial charge in [0.05, 0.1) is 15.7 Å². The third-order valence-electron chi connectivity index (χ3n) is 4.32. The van der Waals surface area contributed by atoms with Crippen LogP contribution in [0.15, 0.2) is 69.4 Å². The van der Waals surface area contributed by atoms with Gasteiger partial charge < -0.3 is 9.52 Å². The molecule has 4 aromatic rings. The second-order valence-electron chi connectivity index (χ2n) is 7.19. The molecule has 0 amide bonds. The van der Waals surface area contributed by atoms with Crippen LogP contribution >= 0.6 is 35.0 Å². The van der Waals surface area contributed by atoms with Crippen molar-refractivity contribution in [2.45, 2.75) is 29.6 Å². The molecule has 158 valence electrons. The number of nitrogens with zero attached hydrogens (tertiary/aromatic N) is 3. The lowest BCUT2D eigenvalue weighted by molar-refractivity contribution is 0.0739. The first-order valence-electron chi connectivity index (χ1n) is 9.15. The van der Waals surface area contributed by atoms with Gasteiger partial charge in [-0.3, -0.25) is 4.98 Å². The third-order valence-corrected chi connectivity index (χ3v) is 5.77. The van der Waals surface area contributed by atoms with Gasteiger partial charge in [-0.2, -0.15) is 0 Å². The molecule has 0 spiro atoms. The van der Waals surface area contributed by atoms with Gasteiger partial charge >= 0.3 is 0 Å². The molecule has 5 nitrogen and oxygen atoms in total. The van der Waals surface area contributed by atoms with Crippen molar-refractivity contribution in [1.82, 2.24) is 15.0 Å². The average molecular weight is 476 g/mol. The van der Waals surface area contributed by atoms with E-state index >= 15 is 0 Å². The molecule has 0 saturated heterocycles. The van der Waals surface area contributed by atoms with Gasteiger partial charge in [0.2, 0.25) is 5.89 Å². The number of pyridine rings is 2. The molecule has 0 unspecified atom stereocenters. The van der Waals surface area contributed by atoms with Crippen LogP contribution in [0.3, 0.4) is 0 Å². The highest BCUT2D eigenvalue weighted by Gasteiger charge is 2.21. The SMILES string of the molecule is CC(C)(O)c1ccc(-c2nc(-c3ccc(Cl)c(F)c3)oc2Sc2ccc(Cl)cn2)cn1. The zero-order chi connectivity index (χ0) is 22.2. The first kappa shape index (κ1) is 21.8. The van der Waals surface area contributed by atoms with E-state index in [0.29, 0.717) is 37.7 Å². The van der Waals surface area contributed by atoms with Crippen LogP contribution in [0.2, 0.25) is 10.0 Å². The van der Waals surface area contributed by atoms with Crippen molar-refractivity contribution in [3.8, 4) is 22.7 Å². The van der Waals surface area contributed by atoms with Gasteiger partial charge in [-0.25, -0.2) is 14.4 Å². The third kappa shape index (κ3) is 4.91. The van der Waals surface area contributed by atoms with Gasteiger partial charge in [-0.15, -0.1) is 0 Å². The fourth-order valence-corrected chi connectivity index (χ4v) is 3.77. The van der Waals surface area contributed by atoms with E-state index < -0.39 is 11.4 Å². The smallest absolute Gasteiger partial charge is 0.228 e. The molecule has 4 rings (SSSR count). The predicted octanol–water partition coefficient (Wildman–Crippen LogP) is 6.62. The van der Waals surface area contributed by atoms with Crippen molar-refractivity contribution in [3.05, 3.63) is 76.4 Å². The van der Waals surface area contributed by atoms with Gasteiger partial charge in [0.1, 0.15) is 22.1 Å². The number of aliphatic hydroxyl groups is 1. The van der Waals surface area contributed by atoms with Crippen molar-refractivity contribution in [2.24, 2.45) is 0 Å². The first-order chi connectivity index (χ1) is 14.7. The van der Waals surface area contributed by atoms with Crippen molar-refractivity contribution >= 4 is 35.0 Å². The Morgan fingerprint density at radius 3 is 2.39 bits per heavy atom. The summed E-state index contributed by atoms with van der Waals surface area (Å²) >= 11 is 13.0. The average Bonchev–Trinajstić information content (AvgIpc) is 3.15. The normalized spacial score (nSPS) is 11.7. The van der Waals surface area contributed by atoms with Crippen molar-refractivity contribution in [2.75, 3.05) is 0 Å². The number of hydrogen-bond acceptors (Lipinski definition) is 6. The number of benzene rings is 1. The second-order valence-corrected chi connectivity index (χ2v) is 9.03. The molecule has 3 aromatic heterocycles. The minimum absolute atomic E-state index is 0.0156. The van der Waals surface area contributed by atoms with Crippen LogP contribution in [0.4, 0.5) is 4.39 Å². The summed E-state index contributed by atoms with van der Waals surface area (Å²) in [5.41, 5.74) is 1.09. The summed E-state index contributed by atoms with van der Waals surface area (Å²) < 4.78 is 19.9. The molecule has 0 atom stereocenters. The summed E-state index contributed by atoms with van der Waals surface area (Å²) in [7, 11) is 0. The summed E-state index contributed by atoms with van der Waals surface area (Å²) in [6, 6.07) is 11.3. The standard InChI is InChI=1S/C22H16Cl2FN3O2S/c1-22(2,29)17-7-4-13(10-26-17)19-21(31-18-8-5-14(23)11-27-18)30-20(28-19)12-3-6-15(24)16(25)9-12/h3-11,29H,1-2H3. The zero-order valence-electron chi connectivity index (χ0n) is 16.4. The summed E-state index contributed by atoms with van der Waals surface area (Å²) in [5, 5.41) is 11.8. The summed E-state index contributed by atoms with van der Waals surface area (Å²) in [6.07, 6.45) is 3.14. The van der Waals surface area contributed by atoms with E-state index in [2.05, 4.69) is 15.0 Å². The van der Waals surface area contributed by atoms with Crippen LogP contribution in [0, 0.1) is 5.82 Å². The van der Waals surface area contributed by atoms with Gasteiger partial charge in [-0.05, 0) is 68.1 Å². The summed E-state index contributed by atoms with van der Waals surface area (Å²) in [4.78, 5) is 13.2. The first-order valence-corrected chi connectivity index (χ1v) is 10.7. The fourth-order valence-electron chi connectivity index (χ4n) is 2.72. The molecule has 9 heteroatoms. The number of rotatable bonds is 5. The minimum Gasteiger partial charge on any atom is -0.429 e. The van der Waals surface area contributed by atoms with E-state index in [4.69, 9.17) is 27.6 Å². The van der Waals surface area contributed by atoms with Gasteiger partial charge in [0, 0.05) is 23.5 Å². The largest absolute Gasteiger partial charge is 0.429 e. The quantitative estimate of drug-likeness (QED) is 0.349. The highest BCUT2D eigenvalue weighted by Crippen LogP contribution is 2.39. The maximum absolute atomic E-state index is 14.0. The molecule has 0 radical (unpaired) electrons. The Morgan fingerprint density at radius 1 is 1.00 bits per heavy atom. The number of hydrogen-bond donors (Lipinski definition) is 1. The van der Waals surface area contributed by atoms with Gasteiger partial charge in [0.25, 0.3) is 0 Å². The Kier molecular flexibility index (Phi) is 6.03. The van der Waals surface area contributed by atoms with E-state index in [-0.39, 0.29) is 10.9 Å². The highest BCUT2D eigenvalue weighted by atomic mass is 35.5. The zero-order valence-corrected chi connectivity index (χ0v) is 18.8. The van der Waals surface area contributed by atoms with Crippen LogP contribution in [0.1, 0.15) is 19.5 Å². The molecule has 0 aliphatic rings. The predicted molar refractivity (Wildman–Crippen MR) is 119 cm³/mol. The molecule has 3 heterocycles. The molecular weight excluding hydrogens is 460 g/mol. The molecule has 31 heavy (non-hydrogen) atoms. The summed E-state index contributed by atoms with van der Waals surface area (Å²) in [5.74, 6) is -0.336. The maximum Gasteiger partial charge on any atom is 0.228 e. The fraction of sp³-hybridized carbons (Fsp3) is 0.136. The number of halogens is 3. The van der Waals surface area contributed by atoms with Gasteiger partial charge in [-0.1, -0.05) is 23.2 Å². The van der Waals surface area contributed by atoms with Crippen molar-refractivity contribution < 1.29 is 13.9 Å². The summed E-state index contributed by atoms with van der Waals surface area (Å²) in [6.45, 7) is 3.32. The Morgan fingerprint density at radius 2 is 1.77 bits per heavy atom. The molecular formula is C22H16Cl2FN3O2S. The molecule has 0 aliphatic heterocycles. The molecule has 0 aliphatic carbocycles. The number of oxazole rings is 1. The molecule has 0 fully saturated rings. The maximum atomic E-state index is 14.0. The molecule has 1 aromatic carbocycles. The Labute approximate surface area is 192 Å². The van der Waals surface area contributed by atoms with Crippen LogP contribution in [-0.4, -0.2) is 20.1 Å². The lowest BCUT2D eigenvalue weighted by atomic mass is 10.0. The number of aromatic nitrogens is 3. The van der Waals surface area contributed by atoms with Crippen LogP contribution < -0.4 is 0 Å². The van der Waals surface area contributed by atoms with E-state index in [9.17, 15) is 9.50 Å². The Balaban J connectivity index is 1.78. The van der Waals surface area contributed by atoms with E-state index in [1.165, 1.54) is 30.1 Å². The van der Waals surface area contributed by atoms with E-state index in [0.717, 1.165) is 0 Å². The minimum atomic E-state index is -1.07. The van der Waals surface area contributed by atoms with Crippen LogP contribution in [-0.2, 0) is 5.60 Å². The Hall–Kier alpha value is -2.45. The topological polar surface area (TPSA) is 72.0 Å². The molecule has 0 saturated carbocycles. The lowest BCUT2D eigenvalue weighted by Gasteiger charge is -2.16. The van der Waals surface area contributed by atoms with Crippen molar-refractivity contribution in [3.63, 3.8) is 0 Å². The van der Waals surface area contributed by atoms with Gasteiger partial charge in [0.15, 0.2) is 5.09 Å². The van der Waals surface area contributed by atoms with Crippen molar-refractivity contribution in [1.29, 1.82) is 0 Å². The Bertz CT molecular complexity index is 1220. The highest BCUT2D eigenvalue weighted by molar-refractivity contribution is 7.99. The molecule has 1 N–H and O–H groups in total.